The minimum absolute atomic E-state index is 0.161. The molecule has 0 radical (unpaired) electrons. The number of aromatic nitrogens is 5. The SMILES string of the molecule is Cn1nc(C(F)(F)C(F)(F)F)c(C(F)(F)F)c1-c1nc(-c2cccc(C(=O)NCc3ccccc3)c2)n[nH]1. The topological polar surface area (TPSA) is 88.5 Å². The first-order valence-electron chi connectivity index (χ1n) is 10.6. The van der Waals surface area contributed by atoms with E-state index in [1.807, 2.05) is 6.07 Å². The van der Waals surface area contributed by atoms with Crippen LogP contribution in [0.4, 0.5) is 35.1 Å². The first-order chi connectivity index (χ1) is 17.7. The van der Waals surface area contributed by atoms with Crippen molar-refractivity contribution in [1.82, 2.24) is 30.3 Å². The Morgan fingerprint density at radius 2 is 1.66 bits per heavy atom. The van der Waals surface area contributed by atoms with E-state index in [2.05, 4.69) is 25.6 Å². The van der Waals surface area contributed by atoms with Gasteiger partial charge in [0.15, 0.2) is 17.3 Å². The summed E-state index contributed by atoms with van der Waals surface area (Å²) in [6, 6.07) is 14.7. The summed E-state index contributed by atoms with van der Waals surface area (Å²) in [5, 5.41) is 11.4. The second kappa shape index (κ2) is 9.54. The number of halogens is 8. The molecule has 0 atom stereocenters. The standard InChI is InChI=1S/C23H16F8N6O/c1-37-16(15(22(26,27)28)17(36-37)21(24,25)23(29,30)31)19-33-18(34-35-19)13-8-5-9-14(10-13)20(38)32-11-12-6-3-2-4-7-12/h2-10H,11H2,1H3,(H,32,38)(H,33,34,35). The number of hydrogen-bond acceptors (Lipinski definition) is 4. The first kappa shape index (κ1) is 26.8. The lowest BCUT2D eigenvalue weighted by Crippen LogP contribution is -2.36. The third-order valence-electron chi connectivity index (χ3n) is 5.37. The van der Waals surface area contributed by atoms with Crippen molar-refractivity contribution >= 4 is 5.91 Å². The van der Waals surface area contributed by atoms with E-state index in [1.165, 1.54) is 24.3 Å². The normalized spacial score (nSPS) is 12.6. The summed E-state index contributed by atoms with van der Waals surface area (Å²) in [7, 11) is 0.764. The number of carbonyl (C=O) groups is 1. The van der Waals surface area contributed by atoms with Crippen LogP contribution in [0.25, 0.3) is 22.9 Å². The molecule has 0 aliphatic heterocycles. The monoisotopic (exact) mass is 544 g/mol. The minimum Gasteiger partial charge on any atom is -0.348 e. The van der Waals surface area contributed by atoms with Crippen LogP contribution in [0, 0.1) is 0 Å². The average molecular weight is 544 g/mol. The molecular weight excluding hydrogens is 528 g/mol. The van der Waals surface area contributed by atoms with Gasteiger partial charge in [-0.05, 0) is 17.7 Å². The van der Waals surface area contributed by atoms with Crippen LogP contribution in [-0.2, 0) is 25.7 Å². The average Bonchev–Trinajstić information content (AvgIpc) is 3.47. The smallest absolute Gasteiger partial charge is 0.348 e. The molecule has 4 rings (SSSR count). The third-order valence-corrected chi connectivity index (χ3v) is 5.37. The van der Waals surface area contributed by atoms with Gasteiger partial charge >= 0.3 is 18.3 Å². The lowest BCUT2D eigenvalue weighted by molar-refractivity contribution is -0.292. The Labute approximate surface area is 208 Å². The zero-order chi connectivity index (χ0) is 27.9. The molecule has 4 aromatic rings. The number of alkyl halides is 8. The molecular formula is C23H16F8N6O. The number of nitrogens with zero attached hydrogens (tertiary/aromatic N) is 4. The maximum atomic E-state index is 13.9. The number of nitrogens with one attached hydrogen (secondary N) is 2. The van der Waals surface area contributed by atoms with E-state index in [4.69, 9.17) is 0 Å². The van der Waals surface area contributed by atoms with Gasteiger partial charge in [-0.2, -0.15) is 45.3 Å². The van der Waals surface area contributed by atoms with Crippen molar-refractivity contribution in [3.05, 3.63) is 77.0 Å². The lowest BCUT2D eigenvalue weighted by Gasteiger charge is -2.19. The number of amides is 1. The molecule has 0 aliphatic carbocycles. The van der Waals surface area contributed by atoms with E-state index < -0.39 is 47.0 Å². The molecule has 15 heteroatoms. The minimum atomic E-state index is -6.33. The van der Waals surface area contributed by atoms with Crippen molar-refractivity contribution in [2.75, 3.05) is 0 Å². The zero-order valence-corrected chi connectivity index (χ0v) is 19.1. The van der Waals surface area contributed by atoms with Crippen LogP contribution in [0.1, 0.15) is 27.2 Å². The molecule has 0 bridgehead atoms. The van der Waals surface area contributed by atoms with Gasteiger partial charge in [0.1, 0.15) is 11.3 Å². The van der Waals surface area contributed by atoms with E-state index in [9.17, 15) is 39.9 Å². The molecule has 2 aromatic carbocycles. The predicted octanol–water partition coefficient (Wildman–Crippen LogP) is 5.48. The van der Waals surface area contributed by atoms with Crippen molar-refractivity contribution < 1.29 is 39.9 Å². The molecule has 0 saturated carbocycles. The van der Waals surface area contributed by atoms with Gasteiger partial charge in [-0.3, -0.25) is 14.6 Å². The third kappa shape index (κ3) is 5.08. The number of H-pyrrole nitrogens is 1. The van der Waals surface area contributed by atoms with Gasteiger partial charge in [-0.1, -0.05) is 42.5 Å². The van der Waals surface area contributed by atoms with Gasteiger partial charge in [0.05, 0.1) is 0 Å². The van der Waals surface area contributed by atoms with Crippen molar-refractivity contribution in [2.45, 2.75) is 24.8 Å². The Hall–Kier alpha value is -4.30. The van der Waals surface area contributed by atoms with Crippen LogP contribution in [0.5, 0.6) is 0 Å². The summed E-state index contributed by atoms with van der Waals surface area (Å²) in [6.45, 7) is 0.223. The summed E-state index contributed by atoms with van der Waals surface area (Å²) in [5.74, 6) is -7.36. The second-order valence-electron chi connectivity index (χ2n) is 8.02. The van der Waals surface area contributed by atoms with E-state index >= 15 is 0 Å². The maximum Gasteiger partial charge on any atom is 0.459 e. The van der Waals surface area contributed by atoms with Crippen LogP contribution in [0.2, 0.25) is 0 Å². The van der Waals surface area contributed by atoms with Crippen molar-refractivity contribution in [3.8, 4) is 22.9 Å². The molecule has 2 heterocycles. The molecule has 2 aromatic heterocycles. The summed E-state index contributed by atoms with van der Waals surface area (Å²) >= 11 is 0. The van der Waals surface area contributed by atoms with Gasteiger partial charge in [0, 0.05) is 24.7 Å². The van der Waals surface area contributed by atoms with E-state index in [0.717, 1.165) is 12.6 Å². The molecule has 0 unspecified atom stereocenters. The number of aryl methyl sites for hydroxylation is 1. The number of carbonyl (C=O) groups excluding carboxylic acids is 1. The highest BCUT2D eigenvalue weighted by Gasteiger charge is 2.64. The fourth-order valence-corrected chi connectivity index (χ4v) is 3.59. The summed E-state index contributed by atoms with van der Waals surface area (Å²) in [5.41, 5.74) is -4.83. The summed E-state index contributed by atoms with van der Waals surface area (Å²) < 4.78 is 108. The molecule has 0 fully saturated rings. The quantitative estimate of drug-likeness (QED) is 0.315. The van der Waals surface area contributed by atoms with Crippen molar-refractivity contribution in [3.63, 3.8) is 0 Å². The highest BCUT2D eigenvalue weighted by Crippen LogP contribution is 2.49. The Balaban J connectivity index is 1.68. The van der Waals surface area contributed by atoms with Gasteiger partial charge in [-0.15, -0.1) is 0 Å². The molecule has 38 heavy (non-hydrogen) atoms. The van der Waals surface area contributed by atoms with Crippen LogP contribution in [0.15, 0.2) is 54.6 Å². The second-order valence-corrected chi connectivity index (χ2v) is 8.02. The molecule has 200 valence electrons. The van der Waals surface area contributed by atoms with E-state index in [-0.39, 0.29) is 28.2 Å². The molecule has 1 amide bonds. The zero-order valence-electron chi connectivity index (χ0n) is 19.1. The van der Waals surface area contributed by atoms with Gasteiger partial charge in [-0.25, -0.2) is 4.98 Å². The highest BCUT2D eigenvalue weighted by atomic mass is 19.4. The Morgan fingerprint density at radius 1 is 0.974 bits per heavy atom. The van der Waals surface area contributed by atoms with Crippen LogP contribution in [-0.4, -0.2) is 37.0 Å². The summed E-state index contributed by atoms with van der Waals surface area (Å²) in [4.78, 5) is 16.4. The van der Waals surface area contributed by atoms with Crippen molar-refractivity contribution in [1.29, 1.82) is 0 Å². The largest absolute Gasteiger partial charge is 0.459 e. The number of aromatic amines is 1. The molecule has 7 nitrogen and oxygen atoms in total. The maximum absolute atomic E-state index is 13.9. The molecule has 0 spiro atoms. The van der Waals surface area contributed by atoms with Crippen LogP contribution < -0.4 is 5.32 Å². The van der Waals surface area contributed by atoms with Crippen LogP contribution in [0.3, 0.4) is 0 Å². The van der Waals surface area contributed by atoms with E-state index in [1.54, 1.807) is 24.3 Å². The predicted molar refractivity (Wildman–Crippen MR) is 117 cm³/mol. The number of benzene rings is 2. The first-order valence-corrected chi connectivity index (χ1v) is 10.6. The fraction of sp³-hybridized carbons (Fsp3) is 0.217. The molecule has 0 saturated heterocycles. The number of hydrogen-bond donors (Lipinski definition) is 2. The van der Waals surface area contributed by atoms with E-state index in [0.29, 0.717) is 0 Å². The van der Waals surface area contributed by atoms with Gasteiger partial charge in [0.2, 0.25) is 0 Å². The van der Waals surface area contributed by atoms with Gasteiger partial charge < -0.3 is 5.32 Å². The molecule has 2 N–H and O–H groups in total. The van der Waals surface area contributed by atoms with Crippen molar-refractivity contribution in [2.24, 2.45) is 7.05 Å². The Kier molecular flexibility index (Phi) is 6.71. The fourth-order valence-electron chi connectivity index (χ4n) is 3.59. The Morgan fingerprint density at radius 3 is 2.29 bits per heavy atom. The van der Waals surface area contributed by atoms with Crippen LogP contribution >= 0.6 is 0 Å². The Bertz CT molecular complexity index is 1460. The highest BCUT2D eigenvalue weighted by molar-refractivity contribution is 5.95. The molecule has 0 aliphatic rings. The van der Waals surface area contributed by atoms with Gasteiger partial charge in [0.25, 0.3) is 5.91 Å². The lowest BCUT2D eigenvalue weighted by atomic mass is 10.1. The summed E-state index contributed by atoms with van der Waals surface area (Å²) in [6.07, 6.45) is -12.0. The number of rotatable bonds is 6.